The Morgan fingerprint density at radius 3 is 2.46 bits per heavy atom. The van der Waals surface area contributed by atoms with Crippen LogP contribution in [0.4, 0.5) is 16.2 Å². The summed E-state index contributed by atoms with van der Waals surface area (Å²) in [4.78, 5) is 16.3. The van der Waals surface area contributed by atoms with E-state index in [-0.39, 0.29) is 4.34 Å². The maximum atomic E-state index is 12.3. The molecule has 0 aliphatic carbocycles. The zero-order chi connectivity index (χ0) is 18.9. The van der Waals surface area contributed by atoms with Crippen LogP contribution in [-0.2, 0) is 9.84 Å². The van der Waals surface area contributed by atoms with E-state index in [1.54, 1.807) is 56.3 Å². The van der Waals surface area contributed by atoms with Gasteiger partial charge in [-0.25, -0.2) is 18.2 Å². The van der Waals surface area contributed by atoms with Gasteiger partial charge in [-0.1, -0.05) is 17.7 Å². The standard InChI is InChI=1S/C17H16ClN3O3S2/c1-10(2)26(23,24)17-21-14-7-6-13(9-15(14)25-17)20-16(22)19-12-5-3-4-11(18)8-12/h3-10H,1-2H3,(H2,19,20,22). The van der Waals surface area contributed by atoms with Crippen molar-refractivity contribution in [3.8, 4) is 0 Å². The molecule has 136 valence electrons. The Kier molecular flexibility index (Phi) is 5.17. The number of thiazole rings is 1. The molecule has 0 aliphatic rings. The molecule has 0 atom stereocenters. The monoisotopic (exact) mass is 409 g/mol. The van der Waals surface area contributed by atoms with E-state index in [0.717, 1.165) is 11.3 Å². The normalized spacial score (nSPS) is 11.7. The van der Waals surface area contributed by atoms with Crippen LogP contribution in [0.25, 0.3) is 10.2 Å². The lowest BCUT2D eigenvalue weighted by Gasteiger charge is -2.07. The number of carbonyl (C=O) groups is 1. The number of amides is 2. The third-order valence-corrected chi connectivity index (χ3v) is 7.39. The lowest BCUT2D eigenvalue weighted by molar-refractivity contribution is 0.262. The number of anilines is 2. The highest BCUT2D eigenvalue weighted by Crippen LogP contribution is 2.30. The summed E-state index contributed by atoms with van der Waals surface area (Å²) in [5.41, 5.74) is 1.68. The van der Waals surface area contributed by atoms with Crippen LogP contribution in [0.2, 0.25) is 5.02 Å². The van der Waals surface area contributed by atoms with Crippen LogP contribution in [0.3, 0.4) is 0 Å². The largest absolute Gasteiger partial charge is 0.323 e. The Bertz CT molecular complexity index is 1080. The molecule has 2 N–H and O–H groups in total. The Morgan fingerprint density at radius 1 is 1.12 bits per heavy atom. The van der Waals surface area contributed by atoms with Crippen LogP contribution in [0.5, 0.6) is 0 Å². The fourth-order valence-corrected chi connectivity index (χ4v) is 5.03. The van der Waals surface area contributed by atoms with E-state index in [1.165, 1.54) is 0 Å². The lowest BCUT2D eigenvalue weighted by Crippen LogP contribution is -2.19. The van der Waals surface area contributed by atoms with Crippen molar-refractivity contribution in [2.45, 2.75) is 23.4 Å². The van der Waals surface area contributed by atoms with Gasteiger partial charge in [0, 0.05) is 16.4 Å². The average molecular weight is 410 g/mol. The fourth-order valence-electron chi connectivity index (χ4n) is 2.16. The molecule has 0 fully saturated rings. The molecule has 0 saturated carbocycles. The highest BCUT2D eigenvalue weighted by atomic mass is 35.5. The van der Waals surface area contributed by atoms with Crippen molar-refractivity contribution in [3.05, 3.63) is 47.5 Å². The van der Waals surface area contributed by atoms with Crippen molar-refractivity contribution >= 4 is 60.4 Å². The summed E-state index contributed by atoms with van der Waals surface area (Å²) >= 11 is 6.98. The van der Waals surface area contributed by atoms with Gasteiger partial charge in [-0.3, -0.25) is 0 Å². The maximum absolute atomic E-state index is 12.3. The summed E-state index contributed by atoms with van der Waals surface area (Å²) in [5.74, 6) is 0. The van der Waals surface area contributed by atoms with Crippen molar-refractivity contribution < 1.29 is 13.2 Å². The van der Waals surface area contributed by atoms with E-state index in [0.29, 0.717) is 26.6 Å². The van der Waals surface area contributed by atoms with Crippen molar-refractivity contribution in [3.63, 3.8) is 0 Å². The van der Waals surface area contributed by atoms with Crippen LogP contribution in [0.15, 0.2) is 46.8 Å². The summed E-state index contributed by atoms with van der Waals surface area (Å²) in [6.07, 6.45) is 0. The molecule has 0 spiro atoms. The van der Waals surface area contributed by atoms with Crippen LogP contribution in [-0.4, -0.2) is 24.7 Å². The Hall–Kier alpha value is -2.16. The Balaban J connectivity index is 1.80. The van der Waals surface area contributed by atoms with E-state index in [2.05, 4.69) is 15.6 Å². The molecule has 6 nitrogen and oxygen atoms in total. The summed E-state index contributed by atoms with van der Waals surface area (Å²) in [6.45, 7) is 3.24. The van der Waals surface area contributed by atoms with Gasteiger partial charge in [0.2, 0.25) is 14.2 Å². The quantitative estimate of drug-likeness (QED) is 0.649. The number of halogens is 1. The zero-order valence-corrected chi connectivity index (χ0v) is 16.4. The summed E-state index contributed by atoms with van der Waals surface area (Å²) in [5, 5.41) is 5.37. The minimum atomic E-state index is -3.42. The number of aromatic nitrogens is 1. The van der Waals surface area contributed by atoms with Gasteiger partial charge in [-0.15, -0.1) is 11.3 Å². The fraction of sp³-hybridized carbons (Fsp3) is 0.176. The van der Waals surface area contributed by atoms with Crippen LogP contribution >= 0.6 is 22.9 Å². The molecule has 2 amide bonds. The molecular formula is C17H16ClN3O3S2. The second kappa shape index (κ2) is 7.22. The number of urea groups is 1. The predicted octanol–water partition coefficient (Wildman–Crippen LogP) is 4.78. The molecule has 0 saturated heterocycles. The molecule has 0 radical (unpaired) electrons. The van der Waals surface area contributed by atoms with E-state index < -0.39 is 21.1 Å². The second-order valence-corrected chi connectivity index (χ2v) is 9.99. The molecule has 9 heteroatoms. The number of benzene rings is 2. The number of nitrogens with zero attached hydrogens (tertiary/aromatic N) is 1. The highest BCUT2D eigenvalue weighted by molar-refractivity contribution is 7.94. The zero-order valence-electron chi connectivity index (χ0n) is 14.0. The van der Waals surface area contributed by atoms with Gasteiger partial charge in [-0.05, 0) is 50.2 Å². The smallest absolute Gasteiger partial charge is 0.308 e. The minimum absolute atomic E-state index is 0.0861. The number of hydrogen-bond donors (Lipinski definition) is 2. The van der Waals surface area contributed by atoms with Crippen molar-refractivity contribution in [1.29, 1.82) is 0 Å². The number of carbonyl (C=O) groups excluding carboxylic acids is 1. The van der Waals surface area contributed by atoms with Gasteiger partial charge in [0.05, 0.1) is 15.5 Å². The first kappa shape index (κ1) is 18.6. The van der Waals surface area contributed by atoms with Gasteiger partial charge >= 0.3 is 6.03 Å². The van der Waals surface area contributed by atoms with Gasteiger partial charge in [-0.2, -0.15) is 0 Å². The lowest BCUT2D eigenvalue weighted by atomic mass is 10.3. The highest BCUT2D eigenvalue weighted by Gasteiger charge is 2.23. The number of rotatable bonds is 4. The van der Waals surface area contributed by atoms with Gasteiger partial charge < -0.3 is 10.6 Å². The van der Waals surface area contributed by atoms with E-state index in [4.69, 9.17) is 11.6 Å². The molecule has 0 aliphatic heterocycles. The first-order valence-electron chi connectivity index (χ1n) is 7.74. The minimum Gasteiger partial charge on any atom is -0.308 e. The van der Waals surface area contributed by atoms with Crippen LogP contribution in [0.1, 0.15) is 13.8 Å². The molecule has 3 rings (SSSR count). The first-order valence-corrected chi connectivity index (χ1v) is 10.5. The second-order valence-electron chi connectivity index (χ2n) is 5.85. The van der Waals surface area contributed by atoms with Crippen LogP contribution < -0.4 is 10.6 Å². The third kappa shape index (κ3) is 3.98. The number of nitrogens with one attached hydrogen (secondary N) is 2. The van der Waals surface area contributed by atoms with Crippen molar-refractivity contribution in [2.75, 3.05) is 10.6 Å². The molecule has 26 heavy (non-hydrogen) atoms. The Labute approximate surface area is 160 Å². The molecule has 2 aromatic carbocycles. The molecule has 0 unspecified atom stereocenters. The SMILES string of the molecule is CC(C)S(=O)(=O)c1nc2ccc(NC(=O)Nc3cccc(Cl)c3)cc2s1. The van der Waals surface area contributed by atoms with Crippen molar-refractivity contribution in [2.24, 2.45) is 0 Å². The van der Waals surface area contributed by atoms with Crippen LogP contribution in [0, 0.1) is 0 Å². The van der Waals surface area contributed by atoms with Gasteiger partial charge in [0.15, 0.2) is 0 Å². The average Bonchev–Trinajstić information content (AvgIpc) is 2.98. The van der Waals surface area contributed by atoms with Crippen molar-refractivity contribution in [1.82, 2.24) is 4.98 Å². The Morgan fingerprint density at radius 2 is 1.81 bits per heavy atom. The molecule has 0 bridgehead atoms. The summed E-state index contributed by atoms with van der Waals surface area (Å²) < 4.78 is 25.3. The first-order chi connectivity index (χ1) is 12.3. The molecule has 1 aromatic heterocycles. The summed E-state index contributed by atoms with van der Waals surface area (Å²) in [7, 11) is -3.42. The summed E-state index contributed by atoms with van der Waals surface area (Å²) in [6, 6.07) is 11.4. The van der Waals surface area contributed by atoms with E-state index >= 15 is 0 Å². The van der Waals surface area contributed by atoms with Gasteiger partial charge in [0.1, 0.15) is 0 Å². The maximum Gasteiger partial charge on any atom is 0.323 e. The number of fused-ring (bicyclic) bond motifs is 1. The van der Waals surface area contributed by atoms with E-state index in [1.807, 2.05) is 0 Å². The third-order valence-electron chi connectivity index (χ3n) is 3.57. The predicted molar refractivity (Wildman–Crippen MR) is 106 cm³/mol. The topological polar surface area (TPSA) is 88.2 Å². The molecular weight excluding hydrogens is 394 g/mol. The van der Waals surface area contributed by atoms with Gasteiger partial charge in [0.25, 0.3) is 0 Å². The number of sulfone groups is 1. The molecule has 1 heterocycles. The number of hydrogen-bond acceptors (Lipinski definition) is 5. The molecule has 3 aromatic rings. The van der Waals surface area contributed by atoms with E-state index in [9.17, 15) is 13.2 Å².